The Balaban J connectivity index is 2.33. The molecule has 0 fully saturated rings. The normalized spacial score (nSPS) is 10.5. The summed E-state index contributed by atoms with van der Waals surface area (Å²) < 4.78 is 9.91. The molecule has 2 aromatic rings. The lowest BCUT2D eigenvalue weighted by molar-refractivity contribution is 0.174. The van der Waals surface area contributed by atoms with Gasteiger partial charge in [0.15, 0.2) is 5.82 Å². The summed E-state index contributed by atoms with van der Waals surface area (Å²) in [5, 5.41) is 3.74. The third kappa shape index (κ3) is 1.94. The average molecular weight is 206 g/mol. The van der Waals surface area contributed by atoms with Crippen LogP contribution in [0.2, 0.25) is 0 Å². The maximum atomic E-state index is 5.71. The van der Waals surface area contributed by atoms with Gasteiger partial charge in [-0.3, -0.25) is 4.98 Å². The Morgan fingerprint density at radius 2 is 2.40 bits per heavy atom. The summed E-state index contributed by atoms with van der Waals surface area (Å²) in [5.74, 6) is 0.866. The highest BCUT2D eigenvalue weighted by Crippen LogP contribution is 2.22. The summed E-state index contributed by atoms with van der Waals surface area (Å²) in [6.45, 7) is 0.314. The number of nitrogens with two attached hydrogens (primary N) is 1. The van der Waals surface area contributed by atoms with Gasteiger partial charge < -0.3 is 15.0 Å². The van der Waals surface area contributed by atoms with E-state index in [1.165, 1.54) is 6.20 Å². The van der Waals surface area contributed by atoms with Crippen LogP contribution in [-0.2, 0) is 11.3 Å². The maximum Gasteiger partial charge on any atom is 0.260 e. The topological polar surface area (TPSA) is 87.1 Å². The van der Waals surface area contributed by atoms with Crippen molar-refractivity contribution in [3.8, 4) is 11.5 Å². The molecule has 0 radical (unpaired) electrons. The monoisotopic (exact) mass is 206 g/mol. The second kappa shape index (κ2) is 4.05. The molecule has 0 bridgehead atoms. The molecule has 0 aromatic carbocycles. The molecular weight excluding hydrogens is 196 g/mol. The molecule has 0 aliphatic carbocycles. The van der Waals surface area contributed by atoms with Gasteiger partial charge in [0.05, 0.1) is 17.4 Å². The number of methoxy groups -OCH3 is 1. The third-order valence-corrected chi connectivity index (χ3v) is 1.82. The number of rotatable bonds is 3. The first-order chi connectivity index (χ1) is 7.31. The van der Waals surface area contributed by atoms with Gasteiger partial charge in [-0.1, -0.05) is 5.16 Å². The molecule has 0 aliphatic rings. The molecule has 0 saturated carbocycles. The van der Waals surface area contributed by atoms with Crippen LogP contribution in [0.1, 0.15) is 5.82 Å². The van der Waals surface area contributed by atoms with E-state index in [1.807, 2.05) is 0 Å². The van der Waals surface area contributed by atoms with Crippen molar-refractivity contribution in [2.75, 3.05) is 12.8 Å². The van der Waals surface area contributed by atoms with Crippen molar-refractivity contribution < 1.29 is 9.26 Å². The summed E-state index contributed by atoms with van der Waals surface area (Å²) >= 11 is 0. The number of aromatic nitrogens is 3. The van der Waals surface area contributed by atoms with Gasteiger partial charge in [0.25, 0.3) is 5.89 Å². The van der Waals surface area contributed by atoms with Crippen molar-refractivity contribution in [3.63, 3.8) is 0 Å². The van der Waals surface area contributed by atoms with Gasteiger partial charge in [-0.25, -0.2) is 0 Å². The predicted molar refractivity (Wildman–Crippen MR) is 52.7 cm³/mol. The maximum absolute atomic E-state index is 5.71. The van der Waals surface area contributed by atoms with E-state index >= 15 is 0 Å². The van der Waals surface area contributed by atoms with Gasteiger partial charge >= 0.3 is 0 Å². The highest BCUT2D eigenvalue weighted by Gasteiger charge is 2.10. The van der Waals surface area contributed by atoms with E-state index in [0.29, 0.717) is 29.6 Å². The molecule has 2 rings (SSSR count). The first-order valence-corrected chi connectivity index (χ1v) is 4.32. The molecule has 6 nitrogen and oxygen atoms in total. The Hall–Kier alpha value is -1.95. The van der Waals surface area contributed by atoms with E-state index in [4.69, 9.17) is 15.0 Å². The van der Waals surface area contributed by atoms with E-state index < -0.39 is 0 Å². The Morgan fingerprint density at radius 1 is 1.53 bits per heavy atom. The lowest BCUT2D eigenvalue weighted by Gasteiger charge is -1.96. The SMILES string of the molecule is COCc1noc(-c2ccncc2N)n1. The molecule has 15 heavy (non-hydrogen) atoms. The summed E-state index contributed by atoms with van der Waals surface area (Å²) in [5.41, 5.74) is 6.90. The average Bonchev–Trinajstić information content (AvgIpc) is 2.68. The van der Waals surface area contributed by atoms with Crippen LogP contribution < -0.4 is 5.73 Å². The van der Waals surface area contributed by atoms with Crippen molar-refractivity contribution in [1.29, 1.82) is 0 Å². The molecule has 0 unspecified atom stereocenters. The zero-order valence-corrected chi connectivity index (χ0v) is 8.17. The Labute approximate surface area is 86.1 Å². The lowest BCUT2D eigenvalue weighted by Crippen LogP contribution is -1.92. The van der Waals surface area contributed by atoms with Gasteiger partial charge in [0.1, 0.15) is 6.61 Å². The Morgan fingerprint density at radius 3 is 3.13 bits per heavy atom. The van der Waals surface area contributed by atoms with E-state index in [9.17, 15) is 0 Å². The van der Waals surface area contributed by atoms with Crippen LogP contribution in [0.4, 0.5) is 5.69 Å². The second-order valence-electron chi connectivity index (χ2n) is 2.91. The van der Waals surface area contributed by atoms with Gasteiger partial charge in [-0.2, -0.15) is 4.98 Å². The van der Waals surface area contributed by atoms with Gasteiger partial charge in [0.2, 0.25) is 0 Å². The quantitative estimate of drug-likeness (QED) is 0.801. The van der Waals surface area contributed by atoms with E-state index in [0.717, 1.165) is 0 Å². The van der Waals surface area contributed by atoms with Crippen molar-refractivity contribution in [1.82, 2.24) is 15.1 Å². The van der Waals surface area contributed by atoms with Crippen LogP contribution in [-0.4, -0.2) is 22.2 Å². The molecule has 6 heteroatoms. The summed E-state index contributed by atoms with van der Waals surface area (Å²) in [4.78, 5) is 7.99. The highest BCUT2D eigenvalue weighted by molar-refractivity contribution is 5.68. The van der Waals surface area contributed by atoms with Crippen LogP contribution in [0.25, 0.3) is 11.5 Å². The minimum atomic E-state index is 0.314. The summed E-state index contributed by atoms with van der Waals surface area (Å²) in [6.07, 6.45) is 3.15. The lowest BCUT2D eigenvalue weighted by atomic mass is 10.2. The number of nitrogen functional groups attached to an aromatic ring is 1. The zero-order valence-electron chi connectivity index (χ0n) is 8.17. The number of pyridine rings is 1. The number of hydrogen-bond acceptors (Lipinski definition) is 6. The van der Waals surface area contributed by atoms with Crippen LogP contribution in [0.5, 0.6) is 0 Å². The highest BCUT2D eigenvalue weighted by atomic mass is 16.5. The first-order valence-electron chi connectivity index (χ1n) is 4.32. The van der Waals surface area contributed by atoms with Gasteiger partial charge in [0, 0.05) is 13.3 Å². The molecule has 2 N–H and O–H groups in total. The van der Waals surface area contributed by atoms with Gasteiger partial charge in [-0.15, -0.1) is 0 Å². The minimum Gasteiger partial charge on any atom is -0.397 e. The van der Waals surface area contributed by atoms with E-state index in [1.54, 1.807) is 19.4 Å². The van der Waals surface area contributed by atoms with E-state index in [-0.39, 0.29) is 0 Å². The molecule has 0 amide bonds. The molecule has 0 spiro atoms. The van der Waals surface area contributed by atoms with Crippen molar-refractivity contribution in [3.05, 3.63) is 24.3 Å². The fourth-order valence-electron chi connectivity index (χ4n) is 1.15. The minimum absolute atomic E-state index is 0.314. The Bertz CT molecular complexity index is 455. The number of ether oxygens (including phenoxy) is 1. The second-order valence-corrected chi connectivity index (χ2v) is 2.91. The van der Waals surface area contributed by atoms with Crippen LogP contribution >= 0.6 is 0 Å². The van der Waals surface area contributed by atoms with Crippen LogP contribution in [0, 0.1) is 0 Å². The smallest absolute Gasteiger partial charge is 0.260 e. The molecule has 0 aliphatic heterocycles. The molecular formula is C9H10N4O2. The Kier molecular flexibility index (Phi) is 2.59. The predicted octanol–water partition coefficient (Wildman–Crippen LogP) is 0.860. The number of anilines is 1. The standard InChI is InChI=1S/C9H10N4O2/c1-14-5-8-12-9(15-13-8)6-2-3-11-4-7(6)10/h2-4H,5,10H2,1H3. The third-order valence-electron chi connectivity index (χ3n) is 1.82. The van der Waals surface area contributed by atoms with Crippen LogP contribution in [0.3, 0.4) is 0 Å². The fraction of sp³-hybridized carbons (Fsp3) is 0.222. The number of nitrogens with zero attached hydrogens (tertiary/aromatic N) is 3. The largest absolute Gasteiger partial charge is 0.397 e. The van der Waals surface area contributed by atoms with Gasteiger partial charge in [-0.05, 0) is 6.07 Å². The molecule has 0 atom stereocenters. The molecule has 2 aromatic heterocycles. The van der Waals surface area contributed by atoms with Crippen molar-refractivity contribution in [2.24, 2.45) is 0 Å². The van der Waals surface area contributed by atoms with Crippen molar-refractivity contribution >= 4 is 5.69 Å². The van der Waals surface area contributed by atoms with Crippen LogP contribution in [0.15, 0.2) is 23.0 Å². The van der Waals surface area contributed by atoms with E-state index in [2.05, 4.69) is 15.1 Å². The first kappa shape index (κ1) is 9.60. The van der Waals surface area contributed by atoms with Crippen molar-refractivity contribution in [2.45, 2.75) is 6.61 Å². The fourth-order valence-corrected chi connectivity index (χ4v) is 1.15. The molecule has 78 valence electrons. The summed E-state index contributed by atoms with van der Waals surface area (Å²) in [7, 11) is 1.57. The number of hydrogen-bond donors (Lipinski definition) is 1. The molecule has 2 heterocycles. The zero-order chi connectivity index (χ0) is 10.7. The molecule has 0 saturated heterocycles. The summed E-state index contributed by atoms with van der Waals surface area (Å²) in [6, 6.07) is 1.72.